The fourth-order valence-corrected chi connectivity index (χ4v) is 2.94. The van der Waals surface area contributed by atoms with Crippen LogP contribution in [0.5, 0.6) is 0 Å². The highest BCUT2D eigenvalue weighted by Gasteiger charge is 2.17. The number of fused-ring (bicyclic) bond motifs is 1. The lowest BCUT2D eigenvalue weighted by Gasteiger charge is -2.04. The Morgan fingerprint density at radius 2 is 2.11 bits per heavy atom. The van der Waals surface area contributed by atoms with Gasteiger partial charge in [-0.2, -0.15) is 0 Å². The Kier molecular flexibility index (Phi) is 3.64. The Morgan fingerprint density at radius 3 is 2.68 bits per heavy atom. The van der Waals surface area contributed by atoms with Gasteiger partial charge in [-0.25, -0.2) is 13.4 Å². The fourth-order valence-electron chi connectivity index (χ4n) is 2.12. The number of sulfone groups is 1. The molecule has 0 bridgehead atoms. The first kappa shape index (κ1) is 14.0. The number of rotatable bonds is 4. The second-order valence-corrected chi connectivity index (χ2v) is 6.98. The van der Waals surface area contributed by atoms with Crippen LogP contribution in [-0.2, 0) is 23.3 Å². The van der Waals surface area contributed by atoms with E-state index in [0.717, 1.165) is 24.2 Å². The quantitative estimate of drug-likeness (QED) is 0.915. The molecule has 0 spiro atoms. The number of aryl methyl sites for hydroxylation is 2. The van der Waals surface area contributed by atoms with E-state index in [1.54, 1.807) is 12.1 Å². The predicted octanol–water partition coefficient (Wildman–Crippen LogP) is 1.26. The minimum Gasteiger partial charge on any atom is -0.331 e. The van der Waals surface area contributed by atoms with Crippen LogP contribution in [0.25, 0.3) is 11.0 Å². The van der Waals surface area contributed by atoms with Gasteiger partial charge in [0.25, 0.3) is 0 Å². The van der Waals surface area contributed by atoms with Crippen molar-refractivity contribution >= 4 is 20.9 Å². The maximum Gasteiger partial charge on any atom is 0.177 e. The number of para-hydroxylation sites is 1. The lowest BCUT2D eigenvalue weighted by atomic mass is 10.2. The van der Waals surface area contributed by atoms with E-state index in [1.165, 1.54) is 6.26 Å². The summed E-state index contributed by atoms with van der Waals surface area (Å²) in [6, 6.07) is 5.33. The first-order chi connectivity index (χ1) is 8.80. The standard InChI is InChI=1S/C13H19N3O2S/c1-9(14)7-8-12-15-13-10(16(12)2)5-4-6-11(13)19(3,17)18/h4-6,9H,7-8,14H2,1-3H3. The Labute approximate surface area is 113 Å². The molecule has 19 heavy (non-hydrogen) atoms. The molecule has 0 radical (unpaired) electrons. The van der Waals surface area contributed by atoms with E-state index in [1.807, 2.05) is 24.6 Å². The highest BCUT2D eigenvalue weighted by atomic mass is 32.2. The van der Waals surface area contributed by atoms with E-state index >= 15 is 0 Å². The number of hydrogen-bond donors (Lipinski definition) is 1. The van der Waals surface area contributed by atoms with E-state index in [9.17, 15) is 8.42 Å². The summed E-state index contributed by atoms with van der Waals surface area (Å²) >= 11 is 0. The van der Waals surface area contributed by atoms with Gasteiger partial charge in [0.05, 0.1) is 10.4 Å². The molecule has 0 aliphatic rings. The molecule has 0 saturated carbocycles. The van der Waals surface area contributed by atoms with E-state index in [0.29, 0.717) is 5.52 Å². The Hall–Kier alpha value is -1.40. The molecule has 2 rings (SSSR count). The SMILES string of the molecule is CC(N)CCc1nc2c(S(C)(=O)=O)cccc2n1C. The van der Waals surface area contributed by atoms with E-state index in [2.05, 4.69) is 4.98 Å². The summed E-state index contributed by atoms with van der Waals surface area (Å²) in [7, 11) is -1.36. The predicted molar refractivity (Wildman–Crippen MR) is 75.8 cm³/mol. The second kappa shape index (κ2) is 4.94. The third kappa shape index (κ3) is 2.79. The summed E-state index contributed by atoms with van der Waals surface area (Å²) in [4.78, 5) is 4.76. The van der Waals surface area contributed by atoms with Gasteiger partial charge in [-0.3, -0.25) is 0 Å². The highest BCUT2D eigenvalue weighted by Crippen LogP contribution is 2.23. The van der Waals surface area contributed by atoms with Crippen LogP contribution < -0.4 is 5.73 Å². The van der Waals surface area contributed by atoms with Crippen molar-refractivity contribution in [3.8, 4) is 0 Å². The largest absolute Gasteiger partial charge is 0.331 e. The van der Waals surface area contributed by atoms with Crippen molar-refractivity contribution in [2.45, 2.75) is 30.7 Å². The van der Waals surface area contributed by atoms with Crippen LogP contribution in [0.15, 0.2) is 23.1 Å². The zero-order valence-corrected chi connectivity index (χ0v) is 12.2. The number of aromatic nitrogens is 2. The average Bonchev–Trinajstić information content (AvgIpc) is 2.62. The normalized spacial score (nSPS) is 13.9. The number of nitrogens with two attached hydrogens (primary N) is 1. The summed E-state index contributed by atoms with van der Waals surface area (Å²) in [6.07, 6.45) is 2.77. The van der Waals surface area contributed by atoms with Gasteiger partial charge in [0.1, 0.15) is 11.3 Å². The van der Waals surface area contributed by atoms with Gasteiger partial charge in [0.15, 0.2) is 9.84 Å². The first-order valence-corrected chi connectivity index (χ1v) is 8.10. The molecular weight excluding hydrogens is 262 g/mol. The lowest BCUT2D eigenvalue weighted by molar-refractivity contribution is 0.602. The van der Waals surface area contributed by atoms with Crippen LogP contribution >= 0.6 is 0 Å². The van der Waals surface area contributed by atoms with E-state index in [-0.39, 0.29) is 10.9 Å². The van der Waals surface area contributed by atoms with E-state index in [4.69, 9.17) is 5.73 Å². The molecule has 0 aliphatic carbocycles. The molecule has 1 heterocycles. The molecular formula is C13H19N3O2S. The van der Waals surface area contributed by atoms with Crippen LogP contribution in [0.1, 0.15) is 19.2 Å². The zero-order chi connectivity index (χ0) is 14.2. The van der Waals surface area contributed by atoms with Crippen molar-refractivity contribution in [1.29, 1.82) is 0 Å². The van der Waals surface area contributed by atoms with Crippen LogP contribution in [-0.4, -0.2) is 30.3 Å². The van der Waals surface area contributed by atoms with E-state index < -0.39 is 9.84 Å². The first-order valence-electron chi connectivity index (χ1n) is 6.20. The van der Waals surface area contributed by atoms with Gasteiger partial charge >= 0.3 is 0 Å². The monoisotopic (exact) mass is 281 g/mol. The number of imidazole rings is 1. The van der Waals surface area contributed by atoms with Gasteiger partial charge in [-0.15, -0.1) is 0 Å². The minimum atomic E-state index is -3.26. The van der Waals surface area contributed by atoms with Gasteiger partial charge in [-0.05, 0) is 25.5 Å². The maximum absolute atomic E-state index is 11.8. The Morgan fingerprint density at radius 1 is 1.42 bits per heavy atom. The molecule has 104 valence electrons. The molecule has 2 N–H and O–H groups in total. The number of hydrogen-bond acceptors (Lipinski definition) is 4. The number of nitrogens with zero attached hydrogens (tertiary/aromatic N) is 2. The molecule has 1 aromatic heterocycles. The number of benzene rings is 1. The maximum atomic E-state index is 11.8. The summed E-state index contributed by atoms with van der Waals surface area (Å²) in [6.45, 7) is 1.95. The van der Waals surface area contributed by atoms with Crippen molar-refractivity contribution < 1.29 is 8.42 Å². The molecule has 0 saturated heterocycles. The van der Waals surface area contributed by atoms with Gasteiger partial charge in [-0.1, -0.05) is 6.07 Å². The Balaban J connectivity index is 2.57. The van der Waals surface area contributed by atoms with Crippen LogP contribution in [0.2, 0.25) is 0 Å². The Bertz CT molecular complexity index is 702. The highest BCUT2D eigenvalue weighted by molar-refractivity contribution is 7.91. The van der Waals surface area contributed by atoms with Crippen molar-refractivity contribution in [2.75, 3.05) is 6.26 Å². The molecule has 1 atom stereocenters. The van der Waals surface area contributed by atoms with Gasteiger partial charge < -0.3 is 10.3 Å². The summed E-state index contributed by atoms with van der Waals surface area (Å²) in [5.41, 5.74) is 7.13. The van der Waals surface area contributed by atoms with Crippen LogP contribution in [0.3, 0.4) is 0 Å². The van der Waals surface area contributed by atoms with Gasteiger partial charge in [0, 0.05) is 25.8 Å². The summed E-state index contributed by atoms with van der Waals surface area (Å²) < 4.78 is 25.5. The van der Waals surface area contributed by atoms with Crippen molar-refractivity contribution in [3.05, 3.63) is 24.0 Å². The smallest absolute Gasteiger partial charge is 0.177 e. The molecule has 0 amide bonds. The van der Waals surface area contributed by atoms with Crippen LogP contribution in [0.4, 0.5) is 0 Å². The molecule has 1 unspecified atom stereocenters. The topological polar surface area (TPSA) is 78.0 Å². The van der Waals surface area contributed by atoms with Gasteiger partial charge in [0.2, 0.25) is 0 Å². The van der Waals surface area contributed by atoms with Crippen molar-refractivity contribution in [3.63, 3.8) is 0 Å². The fraction of sp³-hybridized carbons (Fsp3) is 0.462. The molecule has 6 heteroatoms. The lowest BCUT2D eigenvalue weighted by Crippen LogP contribution is -2.16. The van der Waals surface area contributed by atoms with Crippen LogP contribution in [0, 0.1) is 0 Å². The summed E-state index contributed by atoms with van der Waals surface area (Å²) in [5, 5.41) is 0. The third-order valence-corrected chi connectivity index (χ3v) is 4.32. The molecule has 1 aromatic carbocycles. The summed E-state index contributed by atoms with van der Waals surface area (Å²) in [5.74, 6) is 0.864. The third-order valence-electron chi connectivity index (χ3n) is 3.19. The second-order valence-electron chi connectivity index (χ2n) is 5.00. The van der Waals surface area contributed by atoms with Crippen molar-refractivity contribution in [1.82, 2.24) is 9.55 Å². The van der Waals surface area contributed by atoms with Crippen molar-refractivity contribution in [2.24, 2.45) is 12.8 Å². The molecule has 2 aromatic rings. The molecule has 0 aliphatic heterocycles. The minimum absolute atomic E-state index is 0.106. The zero-order valence-electron chi connectivity index (χ0n) is 11.4. The molecule has 5 nitrogen and oxygen atoms in total. The average molecular weight is 281 g/mol. The molecule has 0 fully saturated rings.